The minimum Gasteiger partial charge on any atom is -0.349 e. The average molecular weight is 267 g/mol. The second-order valence-corrected chi connectivity index (χ2v) is 3.98. The van der Waals surface area contributed by atoms with Crippen molar-refractivity contribution in [1.82, 2.24) is 15.0 Å². The summed E-state index contributed by atoms with van der Waals surface area (Å²) in [5, 5.41) is 1.20. The van der Waals surface area contributed by atoms with Crippen molar-refractivity contribution in [3.63, 3.8) is 0 Å². The highest BCUT2D eigenvalue weighted by Crippen LogP contribution is 2.07. The summed E-state index contributed by atoms with van der Waals surface area (Å²) in [4.78, 5) is 11.3. The Kier molecular flexibility index (Phi) is 7.43. The van der Waals surface area contributed by atoms with Gasteiger partial charge in [-0.1, -0.05) is 31.2 Å². The van der Waals surface area contributed by atoms with E-state index >= 15 is 0 Å². The molecule has 0 unspecified atom stereocenters. The fourth-order valence-electron chi connectivity index (χ4n) is 1.69. The third-order valence-electron chi connectivity index (χ3n) is 2.55. The summed E-state index contributed by atoms with van der Waals surface area (Å²) in [5.41, 5.74) is 1.06. The molecule has 0 aliphatic rings. The van der Waals surface area contributed by atoms with Crippen LogP contribution in [0.25, 0.3) is 10.9 Å². The summed E-state index contributed by atoms with van der Waals surface area (Å²) in [5.74, 6) is 1.09. The topological polar surface area (TPSA) is 41.6 Å². The molecule has 0 bridgehead atoms. The molecule has 0 atom stereocenters. The molecular weight excluding hydrogens is 246 g/mol. The molecule has 1 aromatic carbocycles. The van der Waals surface area contributed by atoms with Crippen LogP contribution in [0.1, 0.15) is 19.2 Å². The van der Waals surface area contributed by atoms with E-state index in [2.05, 4.69) is 47.2 Å². The van der Waals surface area contributed by atoms with E-state index in [1.807, 2.05) is 36.7 Å². The number of aromatic nitrogens is 3. The van der Waals surface area contributed by atoms with Gasteiger partial charge in [-0.05, 0) is 18.6 Å². The lowest BCUT2D eigenvalue weighted by molar-refractivity contribution is 0.856. The number of nitrogens with zero attached hydrogens (tertiary/aromatic N) is 2. The quantitative estimate of drug-likeness (QED) is 0.699. The standard InChI is InChI=1S/C9H7N.C6H10N2.C2H4/c1-2-6-9-8(4-1)5-3-7-10-9;1-2-3-6-7-4-5-8-6;1-2/h1-7H;4-5H,2-3H2,1H3,(H,7,8);1-2H2. The van der Waals surface area contributed by atoms with Crippen molar-refractivity contribution >= 4 is 10.9 Å². The number of para-hydroxylation sites is 1. The van der Waals surface area contributed by atoms with Gasteiger partial charge >= 0.3 is 0 Å². The van der Waals surface area contributed by atoms with Crippen molar-refractivity contribution in [2.75, 3.05) is 0 Å². The Balaban J connectivity index is 0.000000182. The maximum atomic E-state index is 4.18. The van der Waals surface area contributed by atoms with Crippen LogP contribution in [0.3, 0.4) is 0 Å². The molecule has 20 heavy (non-hydrogen) atoms. The molecule has 2 heterocycles. The lowest BCUT2D eigenvalue weighted by Gasteiger charge is -1.91. The molecule has 104 valence electrons. The second kappa shape index (κ2) is 9.50. The number of aromatic amines is 1. The Hall–Kier alpha value is -2.42. The van der Waals surface area contributed by atoms with Crippen molar-refractivity contribution in [3.8, 4) is 0 Å². The number of H-pyrrole nitrogens is 1. The van der Waals surface area contributed by atoms with Crippen molar-refractivity contribution in [2.24, 2.45) is 0 Å². The maximum Gasteiger partial charge on any atom is 0.105 e. The molecule has 0 fully saturated rings. The summed E-state index contributed by atoms with van der Waals surface area (Å²) in [7, 11) is 0. The van der Waals surface area contributed by atoms with Crippen LogP contribution in [0.2, 0.25) is 0 Å². The Morgan fingerprint density at radius 3 is 2.40 bits per heavy atom. The van der Waals surface area contributed by atoms with Crippen molar-refractivity contribution in [3.05, 3.63) is 74.0 Å². The zero-order valence-corrected chi connectivity index (χ0v) is 11.9. The van der Waals surface area contributed by atoms with E-state index in [0.29, 0.717) is 0 Å². The summed E-state index contributed by atoms with van der Waals surface area (Å²) < 4.78 is 0. The molecule has 0 aliphatic heterocycles. The van der Waals surface area contributed by atoms with E-state index in [-0.39, 0.29) is 0 Å². The fourth-order valence-corrected chi connectivity index (χ4v) is 1.69. The minimum atomic E-state index is 1.06. The Labute approximate surface area is 120 Å². The van der Waals surface area contributed by atoms with E-state index in [4.69, 9.17) is 0 Å². The van der Waals surface area contributed by atoms with Crippen molar-refractivity contribution in [1.29, 1.82) is 0 Å². The smallest absolute Gasteiger partial charge is 0.105 e. The van der Waals surface area contributed by atoms with Gasteiger partial charge in [0.1, 0.15) is 5.82 Å². The van der Waals surface area contributed by atoms with Crippen LogP contribution in [-0.2, 0) is 6.42 Å². The number of imidazole rings is 1. The Morgan fingerprint density at radius 2 is 1.75 bits per heavy atom. The number of pyridine rings is 1. The zero-order valence-electron chi connectivity index (χ0n) is 11.9. The van der Waals surface area contributed by atoms with Crippen molar-refractivity contribution < 1.29 is 0 Å². The lowest BCUT2D eigenvalue weighted by Crippen LogP contribution is -1.83. The molecule has 3 aromatic rings. The third-order valence-corrected chi connectivity index (χ3v) is 2.55. The monoisotopic (exact) mass is 267 g/mol. The molecule has 3 nitrogen and oxygen atoms in total. The van der Waals surface area contributed by atoms with Crippen LogP contribution in [0.15, 0.2) is 68.1 Å². The molecule has 1 N–H and O–H groups in total. The van der Waals surface area contributed by atoms with Gasteiger partial charge in [-0.15, -0.1) is 13.2 Å². The fraction of sp³-hybridized carbons (Fsp3) is 0.176. The van der Waals surface area contributed by atoms with Crippen LogP contribution in [-0.4, -0.2) is 15.0 Å². The third kappa shape index (κ3) is 5.06. The Morgan fingerprint density at radius 1 is 1.00 bits per heavy atom. The van der Waals surface area contributed by atoms with Crippen LogP contribution >= 0.6 is 0 Å². The number of rotatable bonds is 2. The van der Waals surface area contributed by atoms with E-state index in [1.165, 1.54) is 5.39 Å². The van der Waals surface area contributed by atoms with Crippen LogP contribution in [0.4, 0.5) is 0 Å². The molecule has 0 aliphatic carbocycles. The van der Waals surface area contributed by atoms with Gasteiger partial charge in [0.15, 0.2) is 0 Å². The summed E-state index contributed by atoms with van der Waals surface area (Å²) in [6.45, 7) is 8.14. The van der Waals surface area contributed by atoms with E-state index < -0.39 is 0 Å². The first-order valence-electron chi connectivity index (χ1n) is 6.68. The van der Waals surface area contributed by atoms with Crippen molar-refractivity contribution in [2.45, 2.75) is 19.8 Å². The predicted octanol–water partition coefficient (Wildman–Crippen LogP) is 4.40. The van der Waals surface area contributed by atoms with Crippen LogP contribution in [0.5, 0.6) is 0 Å². The average Bonchev–Trinajstić information content (AvgIpc) is 3.04. The van der Waals surface area contributed by atoms with E-state index in [0.717, 1.165) is 24.2 Å². The second-order valence-electron chi connectivity index (χ2n) is 3.98. The molecule has 3 rings (SSSR count). The summed E-state index contributed by atoms with van der Waals surface area (Å²) >= 11 is 0. The van der Waals surface area contributed by atoms with Gasteiger partial charge in [-0.25, -0.2) is 4.98 Å². The van der Waals surface area contributed by atoms with Gasteiger partial charge < -0.3 is 4.98 Å². The molecule has 0 radical (unpaired) electrons. The highest BCUT2D eigenvalue weighted by molar-refractivity contribution is 5.77. The molecule has 2 aromatic heterocycles. The van der Waals surface area contributed by atoms with E-state index in [9.17, 15) is 0 Å². The largest absolute Gasteiger partial charge is 0.349 e. The number of hydrogen-bond acceptors (Lipinski definition) is 2. The van der Waals surface area contributed by atoms with E-state index in [1.54, 1.807) is 6.20 Å². The van der Waals surface area contributed by atoms with Crippen LogP contribution < -0.4 is 0 Å². The number of nitrogens with one attached hydrogen (secondary N) is 1. The summed E-state index contributed by atoms with van der Waals surface area (Å²) in [6.07, 6.45) is 7.67. The zero-order chi connectivity index (χ0) is 14.6. The van der Waals surface area contributed by atoms with Gasteiger partial charge in [-0.2, -0.15) is 0 Å². The van der Waals surface area contributed by atoms with Gasteiger partial charge in [0.25, 0.3) is 0 Å². The number of hydrogen-bond donors (Lipinski definition) is 1. The number of aryl methyl sites for hydroxylation is 1. The molecule has 3 heteroatoms. The normalized spacial score (nSPS) is 9.05. The van der Waals surface area contributed by atoms with Crippen LogP contribution in [0, 0.1) is 0 Å². The predicted molar refractivity (Wildman–Crippen MR) is 85.6 cm³/mol. The first-order valence-corrected chi connectivity index (χ1v) is 6.68. The minimum absolute atomic E-state index is 1.06. The van der Waals surface area contributed by atoms with Gasteiger partial charge in [0.2, 0.25) is 0 Å². The molecule has 0 amide bonds. The highest BCUT2D eigenvalue weighted by atomic mass is 14.9. The lowest BCUT2D eigenvalue weighted by atomic mass is 10.2. The SMILES string of the molecule is C=C.CCCc1ncc[nH]1.c1ccc2ncccc2c1. The Bertz CT molecular complexity index is 523. The first kappa shape index (κ1) is 15.6. The summed E-state index contributed by atoms with van der Waals surface area (Å²) in [6, 6.07) is 12.1. The molecule has 0 saturated carbocycles. The molecular formula is C17H21N3. The van der Waals surface area contributed by atoms with Gasteiger partial charge in [0, 0.05) is 30.4 Å². The van der Waals surface area contributed by atoms with Gasteiger partial charge in [-0.3, -0.25) is 4.98 Å². The first-order chi connectivity index (χ1) is 9.90. The van der Waals surface area contributed by atoms with Gasteiger partial charge in [0.05, 0.1) is 5.52 Å². The molecule has 0 spiro atoms. The molecule has 0 saturated heterocycles. The maximum absolute atomic E-state index is 4.18. The number of benzene rings is 1. The number of fused-ring (bicyclic) bond motifs is 1. The highest BCUT2D eigenvalue weighted by Gasteiger charge is 1.87.